The zero-order valence-corrected chi connectivity index (χ0v) is 14.2. The third-order valence-corrected chi connectivity index (χ3v) is 4.82. The minimum absolute atomic E-state index is 0.102. The van der Waals surface area contributed by atoms with Crippen LogP contribution in [0.1, 0.15) is 10.6 Å². The van der Waals surface area contributed by atoms with E-state index >= 15 is 0 Å². The van der Waals surface area contributed by atoms with Gasteiger partial charge in [0, 0.05) is 37.2 Å². The third kappa shape index (κ3) is 3.08. The highest BCUT2D eigenvalue weighted by Crippen LogP contribution is 2.28. The number of thiazole rings is 1. The molecule has 4 nitrogen and oxygen atoms in total. The van der Waals surface area contributed by atoms with Crippen molar-refractivity contribution in [1.29, 1.82) is 0 Å². The molecule has 4 aromatic rings. The molecule has 0 fully saturated rings. The monoisotopic (exact) mass is 343 g/mol. The van der Waals surface area contributed by atoms with Gasteiger partial charge in [0.25, 0.3) is 5.56 Å². The van der Waals surface area contributed by atoms with Gasteiger partial charge >= 0.3 is 0 Å². The summed E-state index contributed by atoms with van der Waals surface area (Å²) in [4.78, 5) is 21.5. The molecule has 25 heavy (non-hydrogen) atoms. The van der Waals surface area contributed by atoms with Crippen LogP contribution in [0, 0.1) is 11.8 Å². The summed E-state index contributed by atoms with van der Waals surface area (Å²) < 4.78 is 1.52. The first-order valence-electron chi connectivity index (χ1n) is 7.68. The normalized spacial score (nSPS) is 10.4. The molecule has 0 amide bonds. The largest absolute Gasteiger partial charge is 0.318 e. The predicted molar refractivity (Wildman–Crippen MR) is 101 cm³/mol. The first-order chi connectivity index (χ1) is 12.2. The lowest BCUT2D eigenvalue weighted by Crippen LogP contribution is -2.17. The molecule has 0 atom stereocenters. The van der Waals surface area contributed by atoms with Gasteiger partial charge in [-0.3, -0.25) is 9.78 Å². The van der Waals surface area contributed by atoms with Gasteiger partial charge in [-0.25, -0.2) is 4.98 Å². The molecule has 1 aromatic carbocycles. The van der Waals surface area contributed by atoms with E-state index in [0.29, 0.717) is 10.6 Å². The molecule has 0 spiro atoms. The van der Waals surface area contributed by atoms with Gasteiger partial charge in [0.05, 0.1) is 10.4 Å². The Kier molecular flexibility index (Phi) is 3.88. The van der Waals surface area contributed by atoms with Crippen molar-refractivity contribution in [3.05, 3.63) is 82.1 Å². The molecule has 3 aromatic heterocycles. The van der Waals surface area contributed by atoms with Crippen molar-refractivity contribution >= 4 is 22.1 Å². The van der Waals surface area contributed by atoms with Gasteiger partial charge in [-0.15, -0.1) is 11.3 Å². The Morgan fingerprint density at radius 2 is 2.00 bits per heavy atom. The lowest BCUT2D eigenvalue weighted by atomic mass is 10.1. The van der Waals surface area contributed by atoms with Crippen LogP contribution in [0.5, 0.6) is 0 Å². The van der Waals surface area contributed by atoms with Crippen molar-refractivity contribution in [3.63, 3.8) is 0 Å². The number of hydrogen-bond donors (Lipinski definition) is 0. The number of hydrogen-bond acceptors (Lipinski definition) is 4. The second-order valence-corrected chi connectivity index (χ2v) is 6.59. The minimum Gasteiger partial charge on any atom is -0.318 e. The fourth-order valence-corrected chi connectivity index (χ4v) is 3.28. The maximum absolute atomic E-state index is 12.0. The Balaban J connectivity index is 1.67. The van der Waals surface area contributed by atoms with Gasteiger partial charge in [0.1, 0.15) is 0 Å². The summed E-state index contributed by atoms with van der Waals surface area (Å²) in [5.41, 5.74) is 1.47. The average Bonchev–Trinajstić information content (AvgIpc) is 3.11. The molecule has 4 rings (SSSR count). The van der Waals surface area contributed by atoms with Gasteiger partial charge in [0.2, 0.25) is 0 Å². The topological polar surface area (TPSA) is 47.8 Å². The van der Waals surface area contributed by atoms with Gasteiger partial charge < -0.3 is 4.57 Å². The number of fused-ring (bicyclic) bond motifs is 1. The predicted octanol–water partition coefficient (Wildman–Crippen LogP) is 3.46. The number of aryl methyl sites for hydroxylation is 1. The van der Waals surface area contributed by atoms with E-state index in [9.17, 15) is 4.79 Å². The molecule has 0 aliphatic heterocycles. The summed E-state index contributed by atoms with van der Waals surface area (Å²) in [6.45, 7) is 0. The van der Waals surface area contributed by atoms with Crippen LogP contribution in [0.25, 0.3) is 21.2 Å². The maximum atomic E-state index is 12.0. The molecule has 0 N–H and O–H groups in total. The highest BCUT2D eigenvalue weighted by Gasteiger charge is 2.04. The number of nitrogens with zero attached hydrogens (tertiary/aromatic N) is 3. The smallest absolute Gasteiger partial charge is 0.266 e. The van der Waals surface area contributed by atoms with E-state index in [1.54, 1.807) is 25.5 Å². The van der Waals surface area contributed by atoms with E-state index in [0.717, 1.165) is 21.2 Å². The van der Waals surface area contributed by atoms with Crippen LogP contribution in [0.3, 0.4) is 0 Å². The molecule has 120 valence electrons. The van der Waals surface area contributed by atoms with Crippen LogP contribution in [-0.2, 0) is 7.05 Å². The average molecular weight is 343 g/mol. The van der Waals surface area contributed by atoms with E-state index in [-0.39, 0.29) is 5.56 Å². The zero-order chi connectivity index (χ0) is 17.2. The molecule has 0 aliphatic rings. The molecule has 0 saturated carbocycles. The number of rotatable bonds is 1. The third-order valence-electron chi connectivity index (χ3n) is 3.86. The first-order valence-corrected chi connectivity index (χ1v) is 8.50. The molecule has 0 saturated heterocycles. The minimum atomic E-state index is -0.102. The van der Waals surface area contributed by atoms with Gasteiger partial charge in [-0.1, -0.05) is 18.1 Å². The van der Waals surface area contributed by atoms with Crippen LogP contribution in [-0.4, -0.2) is 14.5 Å². The van der Waals surface area contributed by atoms with Gasteiger partial charge in [-0.05, 0) is 41.1 Å². The lowest BCUT2D eigenvalue weighted by molar-refractivity contribution is 0.856. The highest BCUT2D eigenvalue weighted by atomic mass is 32.1. The Morgan fingerprint density at radius 3 is 2.92 bits per heavy atom. The van der Waals surface area contributed by atoms with E-state index in [2.05, 4.69) is 40.0 Å². The summed E-state index contributed by atoms with van der Waals surface area (Å²) in [6, 6.07) is 11.8. The number of benzene rings is 1. The van der Waals surface area contributed by atoms with Crippen LogP contribution >= 0.6 is 11.3 Å². The molecule has 3 heterocycles. The molecule has 0 bridgehead atoms. The molecule has 0 aliphatic carbocycles. The number of pyridine rings is 2. The summed E-state index contributed by atoms with van der Waals surface area (Å²) in [5, 5.41) is 2.94. The van der Waals surface area contributed by atoms with Crippen LogP contribution in [0.15, 0.2) is 66.0 Å². The molecule has 5 heteroatoms. The Bertz CT molecular complexity index is 1190. The second-order valence-electron chi connectivity index (χ2n) is 5.56. The molecule has 0 unspecified atom stereocenters. The van der Waals surface area contributed by atoms with Crippen LogP contribution in [0.4, 0.5) is 0 Å². The summed E-state index contributed by atoms with van der Waals surface area (Å²) in [6.07, 6.45) is 7.17. The Morgan fingerprint density at radius 1 is 1.08 bits per heavy atom. The quantitative estimate of drug-likeness (QED) is 0.497. The van der Waals surface area contributed by atoms with Crippen LogP contribution in [0.2, 0.25) is 0 Å². The molecular weight excluding hydrogens is 330 g/mol. The highest BCUT2D eigenvalue weighted by molar-refractivity contribution is 7.15. The molecular formula is C20H13N3OS. The van der Waals surface area contributed by atoms with Crippen molar-refractivity contribution in [2.24, 2.45) is 7.05 Å². The van der Waals surface area contributed by atoms with Gasteiger partial charge in [-0.2, -0.15) is 0 Å². The number of aromatic nitrogens is 3. The second kappa shape index (κ2) is 6.34. The standard InChI is InChI=1S/C20H13N3OS/c1-23-10-2-3-14(20(23)24)6-7-19-22-13-18(25-19)16-4-5-17-12-21-9-8-15(17)11-16/h2-5,8-13H,1H3. The van der Waals surface area contributed by atoms with Crippen molar-refractivity contribution in [2.45, 2.75) is 0 Å². The van der Waals surface area contributed by atoms with Crippen molar-refractivity contribution in [2.75, 3.05) is 0 Å². The Hall–Kier alpha value is -3.23. The van der Waals surface area contributed by atoms with Gasteiger partial charge in [0.15, 0.2) is 5.01 Å². The summed E-state index contributed by atoms with van der Waals surface area (Å²) >= 11 is 1.51. The van der Waals surface area contributed by atoms with Crippen molar-refractivity contribution < 1.29 is 0 Å². The maximum Gasteiger partial charge on any atom is 0.266 e. The van der Waals surface area contributed by atoms with Crippen molar-refractivity contribution in [3.8, 4) is 22.3 Å². The van der Waals surface area contributed by atoms with E-state index in [4.69, 9.17) is 0 Å². The van der Waals surface area contributed by atoms with E-state index < -0.39 is 0 Å². The fourth-order valence-electron chi connectivity index (χ4n) is 2.52. The fraction of sp³-hybridized carbons (Fsp3) is 0.0500. The Labute approximate surface area is 148 Å². The SMILES string of the molecule is Cn1cccc(C#Cc2ncc(-c3ccc4cnccc4c3)s2)c1=O. The summed E-state index contributed by atoms with van der Waals surface area (Å²) in [5.74, 6) is 5.91. The molecule has 0 radical (unpaired) electrons. The first kappa shape index (κ1) is 15.3. The summed E-state index contributed by atoms with van der Waals surface area (Å²) in [7, 11) is 1.71. The van der Waals surface area contributed by atoms with E-state index in [1.807, 2.05) is 24.5 Å². The van der Waals surface area contributed by atoms with Crippen molar-refractivity contribution in [1.82, 2.24) is 14.5 Å². The lowest BCUT2D eigenvalue weighted by Gasteiger charge is -2.00. The van der Waals surface area contributed by atoms with Crippen LogP contribution < -0.4 is 5.56 Å². The van der Waals surface area contributed by atoms with E-state index in [1.165, 1.54) is 15.9 Å². The zero-order valence-electron chi connectivity index (χ0n) is 13.4.